The third-order valence-corrected chi connectivity index (χ3v) is 5.51. The lowest BCUT2D eigenvalue weighted by Gasteiger charge is -2.08. The number of aromatic nitrogens is 4. The molecule has 9 heteroatoms. The van der Waals surface area contributed by atoms with Gasteiger partial charge in [-0.2, -0.15) is 4.98 Å². The van der Waals surface area contributed by atoms with E-state index in [-0.39, 0.29) is 28.8 Å². The largest absolute Gasteiger partial charge is 0.332 e. The normalized spacial score (nSPS) is 11.2. The number of halogens is 2. The Balaban J connectivity index is 1.69. The summed E-state index contributed by atoms with van der Waals surface area (Å²) in [5.74, 6) is -0.117. The summed E-state index contributed by atoms with van der Waals surface area (Å²) >= 11 is 12.1. The van der Waals surface area contributed by atoms with E-state index in [1.807, 2.05) is 0 Å². The first-order chi connectivity index (χ1) is 14.3. The van der Waals surface area contributed by atoms with Crippen LogP contribution in [0.5, 0.6) is 0 Å². The van der Waals surface area contributed by atoms with Crippen LogP contribution in [0.25, 0.3) is 11.2 Å². The van der Waals surface area contributed by atoms with Crippen LogP contribution in [-0.4, -0.2) is 24.5 Å². The van der Waals surface area contributed by atoms with Crippen LogP contribution in [-0.2, 0) is 20.6 Å². The highest BCUT2D eigenvalue weighted by molar-refractivity contribution is 6.30. The monoisotopic (exact) mass is 442 g/mol. The molecular formula is C21H16Cl2N4O3. The number of nitrogens with zero attached hydrogens (tertiary/aromatic N) is 4. The fourth-order valence-corrected chi connectivity index (χ4v) is 3.63. The minimum atomic E-state index is -0.473. The average molecular weight is 443 g/mol. The van der Waals surface area contributed by atoms with Crippen LogP contribution < -0.4 is 11.2 Å². The maximum atomic E-state index is 12.6. The molecule has 152 valence electrons. The van der Waals surface area contributed by atoms with Gasteiger partial charge in [-0.25, -0.2) is 4.79 Å². The van der Waals surface area contributed by atoms with E-state index in [1.54, 1.807) is 53.1 Å². The number of benzene rings is 2. The number of hydrogen-bond donors (Lipinski definition) is 0. The lowest BCUT2D eigenvalue weighted by atomic mass is 10.0. The molecule has 0 aliphatic carbocycles. The number of hydrogen-bond acceptors (Lipinski definition) is 4. The highest BCUT2D eigenvalue weighted by atomic mass is 35.5. The standard InChI is InChI=1S/C21H16Cl2N4O3/c1-25-18-16(19(29)26(2)21(25)30)27(20(23)24-18)11-12-3-5-13(6-4-12)17(28)14-7-9-15(22)10-8-14/h3-10H,11H2,1-2H3. The zero-order chi connectivity index (χ0) is 21.6. The number of imidazole rings is 1. The Morgan fingerprint density at radius 2 is 1.47 bits per heavy atom. The van der Waals surface area contributed by atoms with E-state index < -0.39 is 11.2 Å². The Morgan fingerprint density at radius 1 is 0.900 bits per heavy atom. The molecule has 30 heavy (non-hydrogen) atoms. The van der Waals surface area contributed by atoms with Gasteiger partial charge in [0.15, 0.2) is 16.9 Å². The van der Waals surface area contributed by atoms with E-state index >= 15 is 0 Å². The quantitative estimate of drug-likeness (QED) is 0.359. The van der Waals surface area contributed by atoms with E-state index in [0.29, 0.717) is 16.1 Å². The van der Waals surface area contributed by atoms with E-state index in [0.717, 1.165) is 10.1 Å². The second kappa shape index (κ2) is 7.59. The molecule has 0 unspecified atom stereocenters. The highest BCUT2D eigenvalue weighted by Gasteiger charge is 2.18. The van der Waals surface area contributed by atoms with E-state index in [9.17, 15) is 14.4 Å². The second-order valence-corrected chi connectivity index (χ2v) is 7.65. The summed E-state index contributed by atoms with van der Waals surface area (Å²) in [6.07, 6.45) is 0. The molecule has 0 fully saturated rings. The molecule has 0 atom stereocenters. The molecule has 0 saturated heterocycles. The summed E-state index contributed by atoms with van der Waals surface area (Å²) in [7, 11) is 2.95. The third kappa shape index (κ3) is 3.36. The topological polar surface area (TPSA) is 78.9 Å². The SMILES string of the molecule is Cn1c(=O)c2c(nc(Cl)n2Cc2ccc(C(=O)c3ccc(Cl)cc3)cc2)n(C)c1=O. The zero-order valence-corrected chi connectivity index (χ0v) is 17.6. The van der Waals surface area contributed by atoms with Crippen molar-refractivity contribution in [2.45, 2.75) is 6.54 Å². The van der Waals surface area contributed by atoms with Crippen LogP contribution >= 0.6 is 23.2 Å². The maximum absolute atomic E-state index is 12.6. The van der Waals surface area contributed by atoms with Gasteiger partial charge in [-0.15, -0.1) is 0 Å². The van der Waals surface area contributed by atoms with Gasteiger partial charge in [-0.05, 0) is 41.4 Å². The van der Waals surface area contributed by atoms with Crippen LogP contribution in [0.3, 0.4) is 0 Å². The summed E-state index contributed by atoms with van der Waals surface area (Å²) in [4.78, 5) is 41.5. The fraction of sp³-hybridized carbons (Fsp3) is 0.143. The molecule has 4 rings (SSSR count). The third-order valence-electron chi connectivity index (χ3n) is 4.96. The molecule has 0 amide bonds. The molecule has 7 nitrogen and oxygen atoms in total. The van der Waals surface area contributed by atoms with Crippen molar-refractivity contribution < 1.29 is 4.79 Å². The van der Waals surface area contributed by atoms with E-state index in [2.05, 4.69) is 4.98 Å². The first-order valence-corrected chi connectivity index (χ1v) is 9.74. The van der Waals surface area contributed by atoms with Gasteiger partial charge in [0.05, 0.1) is 6.54 Å². The molecule has 0 aliphatic heterocycles. The summed E-state index contributed by atoms with van der Waals surface area (Å²) in [5.41, 5.74) is 1.41. The first-order valence-electron chi connectivity index (χ1n) is 8.99. The molecule has 0 N–H and O–H groups in total. The summed E-state index contributed by atoms with van der Waals surface area (Å²) < 4.78 is 3.85. The Hall–Kier alpha value is -3.16. The Labute approximate surface area is 180 Å². The summed E-state index contributed by atoms with van der Waals surface area (Å²) in [6, 6.07) is 13.7. The Bertz CT molecular complexity index is 1400. The summed E-state index contributed by atoms with van der Waals surface area (Å²) in [6.45, 7) is 0.262. The summed E-state index contributed by atoms with van der Waals surface area (Å²) in [5, 5.41) is 0.666. The van der Waals surface area contributed by atoms with Gasteiger partial charge < -0.3 is 4.57 Å². The fourth-order valence-electron chi connectivity index (χ4n) is 3.28. The smallest absolute Gasteiger partial charge is 0.304 e. The highest BCUT2D eigenvalue weighted by Crippen LogP contribution is 2.19. The van der Waals surface area contributed by atoms with Gasteiger partial charge >= 0.3 is 5.69 Å². The zero-order valence-electron chi connectivity index (χ0n) is 16.1. The van der Waals surface area contributed by atoms with Gasteiger partial charge in [0.1, 0.15) is 0 Å². The van der Waals surface area contributed by atoms with Crippen molar-refractivity contribution in [2.75, 3.05) is 0 Å². The van der Waals surface area contributed by atoms with Crippen molar-refractivity contribution in [2.24, 2.45) is 14.1 Å². The predicted molar refractivity (Wildman–Crippen MR) is 116 cm³/mol. The van der Waals surface area contributed by atoms with Crippen LogP contribution in [0.4, 0.5) is 0 Å². The van der Waals surface area contributed by atoms with E-state index in [4.69, 9.17) is 23.2 Å². The van der Waals surface area contributed by atoms with Crippen LogP contribution in [0.1, 0.15) is 21.5 Å². The number of ketones is 1. The number of rotatable bonds is 4. The van der Waals surface area contributed by atoms with Crippen molar-refractivity contribution in [3.8, 4) is 0 Å². The second-order valence-electron chi connectivity index (χ2n) is 6.88. The number of aryl methyl sites for hydroxylation is 1. The van der Waals surface area contributed by atoms with Gasteiger partial charge in [0.2, 0.25) is 5.28 Å². The molecule has 0 aliphatic rings. The van der Waals surface area contributed by atoms with Crippen molar-refractivity contribution in [1.29, 1.82) is 0 Å². The molecule has 2 heterocycles. The van der Waals surface area contributed by atoms with Gasteiger partial charge in [0.25, 0.3) is 5.56 Å². The minimum absolute atomic E-state index is 0.101. The minimum Gasteiger partial charge on any atom is -0.304 e. The van der Waals surface area contributed by atoms with Crippen molar-refractivity contribution in [1.82, 2.24) is 18.7 Å². The van der Waals surface area contributed by atoms with Crippen LogP contribution in [0.15, 0.2) is 58.1 Å². The molecule has 0 radical (unpaired) electrons. The molecular weight excluding hydrogens is 427 g/mol. The van der Waals surface area contributed by atoms with Crippen molar-refractivity contribution >= 4 is 40.1 Å². The lowest BCUT2D eigenvalue weighted by Crippen LogP contribution is -2.37. The van der Waals surface area contributed by atoms with Gasteiger partial charge in [-0.3, -0.25) is 18.7 Å². The maximum Gasteiger partial charge on any atom is 0.332 e. The van der Waals surface area contributed by atoms with Crippen molar-refractivity contribution in [3.05, 3.63) is 96.4 Å². The first kappa shape index (κ1) is 20.1. The molecule has 0 saturated carbocycles. The lowest BCUT2D eigenvalue weighted by molar-refractivity contribution is 0.103. The molecule has 4 aromatic rings. The molecule has 0 spiro atoms. The van der Waals surface area contributed by atoms with E-state index in [1.165, 1.54) is 18.7 Å². The van der Waals surface area contributed by atoms with Crippen LogP contribution in [0.2, 0.25) is 10.3 Å². The van der Waals surface area contributed by atoms with Gasteiger partial charge in [0, 0.05) is 30.2 Å². The predicted octanol–water partition coefficient (Wildman–Crippen LogP) is 3.02. The Morgan fingerprint density at radius 3 is 2.07 bits per heavy atom. The molecule has 2 aromatic heterocycles. The number of carbonyl (C=O) groups excluding carboxylic acids is 1. The molecule has 2 aromatic carbocycles. The number of carbonyl (C=O) groups is 1. The number of fused-ring (bicyclic) bond motifs is 1. The van der Waals surface area contributed by atoms with Crippen LogP contribution in [0, 0.1) is 0 Å². The Kier molecular flexibility index (Phi) is 5.09. The molecule has 0 bridgehead atoms. The average Bonchev–Trinajstić information content (AvgIpc) is 3.07. The van der Waals surface area contributed by atoms with Crippen molar-refractivity contribution in [3.63, 3.8) is 0 Å². The van der Waals surface area contributed by atoms with Gasteiger partial charge in [-0.1, -0.05) is 35.9 Å².